The molecule has 0 aliphatic heterocycles. The maximum atomic E-state index is 13.5. The molecular weight excluding hydrogens is 492 g/mol. The van der Waals surface area contributed by atoms with E-state index in [0.29, 0.717) is 23.7 Å². The predicted octanol–water partition coefficient (Wildman–Crippen LogP) is 5.30. The van der Waals surface area contributed by atoms with Gasteiger partial charge in [-0.2, -0.15) is 0 Å². The zero-order valence-corrected chi connectivity index (χ0v) is 20.5. The van der Waals surface area contributed by atoms with Crippen LogP contribution >= 0.6 is 15.9 Å². The molecule has 0 aromatic heterocycles. The molecule has 3 aromatic rings. The number of halogens is 1. The van der Waals surface area contributed by atoms with Gasteiger partial charge in [0.25, 0.3) is 10.0 Å². The quantitative estimate of drug-likeness (QED) is 0.440. The molecule has 0 heterocycles. The molecule has 0 atom stereocenters. The van der Waals surface area contributed by atoms with Crippen LogP contribution in [-0.2, 0) is 14.8 Å². The molecule has 0 aliphatic carbocycles. The van der Waals surface area contributed by atoms with Crippen molar-refractivity contribution in [3.05, 3.63) is 82.3 Å². The maximum Gasteiger partial charge on any atom is 0.264 e. The Morgan fingerprint density at radius 1 is 1.00 bits per heavy atom. The molecule has 0 bridgehead atoms. The average molecular weight is 517 g/mol. The van der Waals surface area contributed by atoms with Gasteiger partial charge in [0.1, 0.15) is 12.3 Å². The normalized spacial score (nSPS) is 11.1. The number of benzene rings is 3. The molecule has 6 nitrogen and oxygen atoms in total. The number of nitrogens with one attached hydrogen (secondary N) is 1. The summed E-state index contributed by atoms with van der Waals surface area (Å²) in [7, 11) is -3.99. The first-order valence-corrected chi connectivity index (χ1v) is 12.3. The van der Waals surface area contributed by atoms with Crippen LogP contribution in [0.25, 0.3) is 0 Å². The highest BCUT2D eigenvalue weighted by molar-refractivity contribution is 9.10. The third kappa shape index (κ3) is 5.69. The molecule has 3 aromatic carbocycles. The minimum absolute atomic E-state index is 0.0918. The van der Waals surface area contributed by atoms with Crippen molar-refractivity contribution in [3.63, 3.8) is 0 Å². The van der Waals surface area contributed by atoms with Crippen molar-refractivity contribution in [2.75, 3.05) is 22.8 Å². The molecule has 0 saturated carbocycles. The lowest BCUT2D eigenvalue weighted by atomic mass is 10.1. The smallest absolute Gasteiger partial charge is 0.264 e. The summed E-state index contributed by atoms with van der Waals surface area (Å²) in [6, 6.07) is 18.7. The van der Waals surface area contributed by atoms with Gasteiger partial charge in [-0.25, -0.2) is 8.42 Å². The van der Waals surface area contributed by atoms with Gasteiger partial charge < -0.3 is 10.1 Å². The van der Waals surface area contributed by atoms with Gasteiger partial charge in [0.05, 0.1) is 17.2 Å². The number of rotatable bonds is 8. The molecule has 0 unspecified atom stereocenters. The fourth-order valence-corrected chi connectivity index (χ4v) is 4.80. The van der Waals surface area contributed by atoms with E-state index in [0.717, 1.165) is 19.9 Å². The van der Waals surface area contributed by atoms with E-state index in [2.05, 4.69) is 21.2 Å². The van der Waals surface area contributed by atoms with Crippen LogP contribution in [-0.4, -0.2) is 27.5 Å². The lowest BCUT2D eigenvalue weighted by Gasteiger charge is -2.24. The number of nitrogens with zero attached hydrogens (tertiary/aromatic N) is 1. The predicted molar refractivity (Wildman–Crippen MR) is 131 cm³/mol. The number of aryl methyl sites for hydroxylation is 2. The zero-order valence-electron chi connectivity index (χ0n) is 18.1. The van der Waals surface area contributed by atoms with Crippen molar-refractivity contribution in [3.8, 4) is 5.75 Å². The first-order chi connectivity index (χ1) is 15.2. The van der Waals surface area contributed by atoms with Crippen LogP contribution < -0.4 is 14.4 Å². The molecule has 0 spiro atoms. The van der Waals surface area contributed by atoms with E-state index in [9.17, 15) is 13.2 Å². The van der Waals surface area contributed by atoms with Gasteiger partial charge in [0, 0.05) is 10.2 Å². The summed E-state index contributed by atoms with van der Waals surface area (Å²) >= 11 is 3.32. The van der Waals surface area contributed by atoms with Crippen LogP contribution in [0.1, 0.15) is 18.1 Å². The van der Waals surface area contributed by atoms with Gasteiger partial charge in [-0.3, -0.25) is 9.10 Å². The third-order valence-electron chi connectivity index (χ3n) is 4.79. The fraction of sp³-hybridized carbons (Fsp3) is 0.208. The van der Waals surface area contributed by atoms with Gasteiger partial charge >= 0.3 is 0 Å². The average Bonchev–Trinajstić information content (AvgIpc) is 2.76. The molecule has 0 fully saturated rings. The van der Waals surface area contributed by atoms with E-state index in [1.165, 1.54) is 12.1 Å². The number of carbonyl (C=O) groups excluding carboxylic acids is 1. The van der Waals surface area contributed by atoms with E-state index in [-0.39, 0.29) is 11.4 Å². The number of hydrogen-bond donors (Lipinski definition) is 1. The van der Waals surface area contributed by atoms with Gasteiger partial charge in [-0.05, 0) is 86.5 Å². The summed E-state index contributed by atoms with van der Waals surface area (Å²) in [4.78, 5) is 13.0. The van der Waals surface area contributed by atoms with Crippen LogP contribution in [0, 0.1) is 13.8 Å². The second-order valence-electron chi connectivity index (χ2n) is 7.26. The number of amides is 1. The van der Waals surface area contributed by atoms with E-state index in [1.54, 1.807) is 36.4 Å². The largest absolute Gasteiger partial charge is 0.494 e. The van der Waals surface area contributed by atoms with E-state index < -0.39 is 15.9 Å². The topological polar surface area (TPSA) is 75.7 Å². The maximum absolute atomic E-state index is 13.5. The molecular formula is C24H25BrN2O4S. The van der Waals surface area contributed by atoms with Gasteiger partial charge in [-0.15, -0.1) is 0 Å². The minimum Gasteiger partial charge on any atom is -0.494 e. The fourth-order valence-electron chi connectivity index (χ4n) is 3.11. The van der Waals surface area contributed by atoms with Crippen LogP contribution in [0.5, 0.6) is 5.75 Å². The van der Waals surface area contributed by atoms with E-state index >= 15 is 0 Å². The van der Waals surface area contributed by atoms with Crippen molar-refractivity contribution in [2.45, 2.75) is 25.7 Å². The van der Waals surface area contributed by atoms with E-state index in [4.69, 9.17) is 4.74 Å². The van der Waals surface area contributed by atoms with E-state index in [1.807, 2.05) is 39.0 Å². The van der Waals surface area contributed by atoms with Gasteiger partial charge in [0.15, 0.2) is 0 Å². The van der Waals surface area contributed by atoms with Crippen LogP contribution in [0.3, 0.4) is 0 Å². The highest BCUT2D eigenvalue weighted by atomic mass is 79.9. The van der Waals surface area contributed by atoms with Crippen LogP contribution in [0.15, 0.2) is 76.1 Å². The van der Waals surface area contributed by atoms with Gasteiger partial charge in [-0.1, -0.05) is 28.1 Å². The summed E-state index contributed by atoms with van der Waals surface area (Å²) < 4.78 is 34.2. The Morgan fingerprint density at radius 2 is 1.66 bits per heavy atom. The summed E-state index contributed by atoms with van der Waals surface area (Å²) in [6.07, 6.45) is 0. The number of carbonyl (C=O) groups is 1. The molecule has 8 heteroatoms. The zero-order chi connectivity index (χ0) is 23.3. The SMILES string of the molecule is CCOc1ccc(N(CC(=O)Nc2cc(C)ccc2C)S(=O)(=O)c2ccc(Br)cc2)cc1. The summed E-state index contributed by atoms with van der Waals surface area (Å²) in [5, 5.41) is 2.84. The lowest BCUT2D eigenvalue weighted by molar-refractivity contribution is -0.114. The summed E-state index contributed by atoms with van der Waals surface area (Å²) in [5.74, 6) is 0.186. The van der Waals surface area contributed by atoms with Crippen molar-refractivity contribution in [2.24, 2.45) is 0 Å². The van der Waals surface area contributed by atoms with Crippen LogP contribution in [0.4, 0.5) is 11.4 Å². The number of ether oxygens (including phenoxy) is 1. The van der Waals surface area contributed by atoms with Crippen molar-refractivity contribution < 1.29 is 17.9 Å². The summed E-state index contributed by atoms with van der Waals surface area (Å²) in [6.45, 7) is 5.81. The highest BCUT2D eigenvalue weighted by Crippen LogP contribution is 2.27. The molecule has 32 heavy (non-hydrogen) atoms. The number of hydrogen-bond acceptors (Lipinski definition) is 4. The van der Waals surface area contributed by atoms with Crippen LogP contribution in [0.2, 0.25) is 0 Å². The minimum atomic E-state index is -3.99. The molecule has 0 radical (unpaired) electrons. The second-order valence-corrected chi connectivity index (χ2v) is 10.0. The Labute approximate surface area is 197 Å². The second kappa shape index (κ2) is 10.2. The van der Waals surface area contributed by atoms with Crippen molar-refractivity contribution >= 4 is 43.2 Å². The Morgan fingerprint density at radius 3 is 2.28 bits per heavy atom. The Kier molecular flexibility index (Phi) is 7.58. The number of sulfonamides is 1. The first-order valence-electron chi connectivity index (χ1n) is 10.1. The van der Waals surface area contributed by atoms with Gasteiger partial charge in [0.2, 0.25) is 5.91 Å². The Hall–Kier alpha value is -2.84. The first kappa shape index (κ1) is 23.8. The third-order valence-corrected chi connectivity index (χ3v) is 7.11. The highest BCUT2D eigenvalue weighted by Gasteiger charge is 2.27. The Bertz CT molecular complexity index is 1190. The van der Waals surface area contributed by atoms with Crippen molar-refractivity contribution in [1.29, 1.82) is 0 Å². The lowest BCUT2D eigenvalue weighted by Crippen LogP contribution is -2.38. The molecule has 1 amide bonds. The number of anilines is 2. The molecule has 168 valence electrons. The molecule has 1 N–H and O–H groups in total. The molecule has 0 saturated heterocycles. The molecule has 3 rings (SSSR count). The monoisotopic (exact) mass is 516 g/mol. The standard InChI is InChI=1S/C24H25BrN2O4S/c1-4-31-21-11-9-20(10-12-21)27(32(29,30)22-13-7-19(25)8-14-22)16-24(28)26-23-15-17(2)5-6-18(23)3/h5-15H,4,16H2,1-3H3,(H,26,28). The summed E-state index contributed by atoms with van der Waals surface area (Å²) in [5.41, 5.74) is 2.92. The van der Waals surface area contributed by atoms with Crippen molar-refractivity contribution in [1.82, 2.24) is 0 Å². The molecule has 0 aliphatic rings. The Balaban J connectivity index is 1.95.